The molecule has 2 saturated heterocycles. The first-order valence-electron chi connectivity index (χ1n) is 7.93. The fraction of sp³-hybridized carbons (Fsp3) is 0.588. The number of nitrogens with zero attached hydrogens (tertiary/aromatic N) is 1. The fourth-order valence-corrected chi connectivity index (χ4v) is 3.33. The van der Waals surface area contributed by atoms with E-state index in [0.29, 0.717) is 23.5 Å². The smallest absolute Gasteiger partial charge is 0.225 e. The van der Waals surface area contributed by atoms with Crippen LogP contribution < -0.4 is 5.32 Å². The Hall–Kier alpha value is -1.26. The minimum absolute atomic E-state index is 0. The van der Waals surface area contributed by atoms with Crippen molar-refractivity contribution in [2.45, 2.75) is 25.7 Å². The van der Waals surface area contributed by atoms with Gasteiger partial charge in [0.05, 0.1) is 0 Å². The van der Waals surface area contributed by atoms with E-state index in [0.717, 1.165) is 39.0 Å². The van der Waals surface area contributed by atoms with Crippen molar-refractivity contribution in [3.8, 4) is 5.75 Å². The summed E-state index contributed by atoms with van der Waals surface area (Å²) >= 11 is 0. The molecule has 1 amide bonds. The van der Waals surface area contributed by atoms with Crippen LogP contribution >= 0.6 is 12.4 Å². The topological polar surface area (TPSA) is 52.6 Å². The summed E-state index contributed by atoms with van der Waals surface area (Å²) < 4.78 is 0. The number of hydrogen-bond donors (Lipinski definition) is 2. The van der Waals surface area contributed by atoms with Gasteiger partial charge in [0.1, 0.15) is 5.75 Å². The Bertz CT molecular complexity index is 494. The van der Waals surface area contributed by atoms with E-state index in [4.69, 9.17) is 0 Å². The summed E-state index contributed by atoms with van der Waals surface area (Å²) in [5.41, 5.74) is 1.27. The van der Waals surface area contributed by atoms with E-state index in [1.165, 1.54) is 5.56 Å². The Morgan fingerprint density at radius 1 is 1.23 bits per heavy atom. The predicted molar refractivity (Wildman–Crippen MR) is 89.4 cm³/mol. The second-order valence-electron chi connectivity index (χ2n) is 6.40. The van der Waals surface area contributed by atoms with Gasteiger partial charge in [-0.2, -0.15) is 0 Å². The van der Waals surface area contributed by atoms with E-state index in [1.54, 1.807) is 12.1 Å². The third-order valence-corrected chi connectivity index (χ3v) is 5.08. The first-order valence-corrected chi connectivity index (χ1v) is 7.93. The van der Waals surface area contributed by atoms with Crippen LogP contribution in [0.3, 0.4) is 0 Å². The highest BCUT2D eigenvalue weighted by atomic mass is 35.5. The van der Waals surface area contributed by atoms with Gasteiger partial charge in [-0.3, -0.25) is 4.79 Å². The molecule has 2 fully saturated rings. The molecule has 1 atom stereocenters. The van der Waals surface area contributed by atoms with Gasteiger partial charge in [-0.15, -0.1) is 12.4 Å². The maximum absolute atomic E-state index is 12.5. The third-order valence-electron chi connectivity index (χ3n) is 5.08. The van der Waals surface area contributed by atoms with Crippen molar-refractivity contribution < 1.29 is 9.90 Å². The Kier molecular flexibility index (Phi) is 5.70. The molecule has 0 radical (unpaired) electrons. The van der Waals surface area contributed by atoms with Crippen LogP contribution in [-0.2, 0) is 4.79 Å². The molecule has 0 aliphatic carbocycles. The molecule has 4 nitrogen and oxygen atoms in total. The second kappa shape index (κ2) is 7.34. The molecule has 3 rings (SSSR count). The summed E-state index contributed by atoms with van der Waals surface area (Å²) in [6.45, 7) is 5.75. The number of hydrogen-bond acceptors (Lipinski definition) is 3. The first kappa shape index (κ1) is 17.1. The van der Waals surface area contributed by atoms with Crippen LogP contribution in [0.5, 0.6) is 5.75 Å². The van der Waals surface area contributed by atoms with E-state index in [9.17, 15) is 9.90 Å². The van der Waals surface area contributed by atoms with Crippen LogP contribution in [0.25, 0.3) is 0 Å². The van der Waals surface area contributed by atoms with Crippen molar-refractivity contribution in [3.63, 3.8) is 0 Å². The normalized spacial score (nSPS) is 20.9. The molecular weight excluding hydrogens is 300 g/mol. The van der Waals surface area contributed by atoms with E-state index in [1.807, 2.05) is 17.0 Å². The summed E-state index contributed by atoms with van der Waals surface area (Å²) in [5.74, 6) is 1.82. The summed E-state index contributed by atoms with van der Waals surface area (Å²) in [7, 11) is 0. The lowest BCUT2D eigenvalue weighted by Gasteiger charge is -2.38. The molecule has 2 heterocycles. The highest BCUT2D eigenvalue weighted by molar-refractivity contribution is 5.85. The third kappa shape index (κ3) is 3.55. The Labute approximate surface area is 138 Å². The molecule has 2 aliphatic rings. The maximum atomic E-state index is 12.5. The zero-order valence-electron chi connectivity index (χ0n) is 13.0. The average molecular weight is 325 g/mol. The van der Waals surface area contributed by atoms with Gasteiger partial charge in [0.15, 0.2) is 0 Å². The zero-order chi connectivity index (χ0) is 14.8. The second-order valence-corrected chi connectivity index (χ2v) is 6.40. The highest BCUT2D eigenvalue weighted by Crippen LogP contribution is 2.30. The van der Waals surface area contributed by atoms with Gasteiger partial charge in [-0.25, -0.2) is 0 Å². The van der Waals surface area contributed by atoms with E-state index >= 15 is 0 Å². The van der Waals surface area contributed by atoms with Crippen LogP contribution in [0.4, 0.5) is 0 Å². The molecule has 1 aromatic carbocycles. The number of amides is 1. The van der Waals surface area contributed by atoms with Crippen LogP contribution in [0.2, 0.25) is 0 Å². The van der Waals surface area contributed by atoms with E-state index in [-0.39, 0.29) is 18.3 Å². The average Bonchev–Trinajstić information content (AvgIpc) is 2.46. The van der Waals surface area contributed by atoms with E-state index < -0.39 is 0 Å². The molecule has 1 unspecified atom stereocenters. The van der Waals surface area contributed by atoms with Gasteiger partial charge in [-0.05, 0) is 55.5 Å². The largest absolute Gasteiger partial charge is 0.508 e. The monoisotopic (exact) mass is 324 g/mol. The molecule has 1 aromatic rings. The summed E-state index contributed by atoms with van der Waals surface area (Å²) in [6.07, 6.45) is 2.04. The molecule has 122 valence electrons. The van der Waals surface area contributed by atoms with Gasteiger partial charge >= 0.3 is 0 Å². The van der Waals surface area contributed by atoms with Gasteiger partial charge in [0.25, 0.3) is 0 Å². The molecule has 0 aromatic heterocycles. The Balaban J connectivity index is 0.00000176. The summed E-state index contributed by atoms with van der Waals surface area (Å²) in [5, 5.41) is 12.6. The molecular formula is C17H25ClN2O2. The van der Waals surface area contributed by atoms with Gasteiger partial charge < -0.3 is 15.3 Å². The zero-order valence-corrected chi connectivity index (χ0v) is 13.8. The maximum Gasteiger partial charge on any atom is 0.225 e. The van der Waals surface area contributed by atoms with E-state index in [2.05, 4.69) is 12.2 Å². The Morgan fingerprint density at radius 3 is 2.32 bits per heavy atom. The van der Waals surface area contributed by atoms with Gasteiger partial charge in [0.2, 0.25) is 5.91 Å². The molecule has 2 N–H and O–H groups in total. The number of carbonyl (C=O) groups excluding carboxylic acids is 1. The predicted octanol–water partition coefficient (Wildman–Crippen LogP) is 2.38. The Morgan fingerprint density at radius 2 is 1.82 bits per heavy atom. The molecule has 0 bridgehead atoms. The lowest BCUT2D eigenvalue weighted by molar-refractivity contribution is -0.138. The highest BCUT2D eigenvalue weighted by Gasteiger charge is 2.33. The van der Waals surface area contributed by atoms with Crippen LogP contribution in [0, 0.1) is 11.8 Å². The van der Waals surface area contributed by atoms with Crippen LogP contribution in [0.15, 0.2) is 24.3 Å². The van der Waals surface area contributed by atoms with Crippen molar-refractivity contribution >= 4 is 18.3 Å². The van der Waals surface area contributed by atoms with Crippen molar-refractivity contribution in [3.05, 3.63) is 29.8 Å². The molecule has 0 spiro atoms. The van der Waals surface area contributed by atoms with Crippen molar-refractivity contribution in [1.82, 2.24) is 10.2 Å². The molecule has 5 heteroatoms. The number of likely N-dealkylation sites (tertiary alicyclic amines) is 1. The number of phenols is 1. The van der Waals surface area contributed by atoms with Crippen molar-refractivity contribution in [1.29, 1.82) is 0 Å². The number of carbonyl (C=O) groups is 1. The van der Waals surface area contributed by atoms with Gasteiger partial charge in [-0.1, -0.05) is 19.1 Å². The minimum atomic E-state index is 0. The lowest BCUT2D eigenvalue weighted by Crippen LogP contribution is -2.51. The SMILES string of the molecule is CC(C(=O)N1CCC(c2ccc(O)cc2)CC1)C1CNC1.Cl. The van der Waals surface area contributed by atoms with Gasteiger partial charge in [0, 0.05) is 19.0 Å². The quantitative estimate of drug-likeness (QED) is 0.897. The number of nitrogens with one attached hydrogen (secondary N) is 1. The molecule has 2 aliphatic heterocycles. The number of halogens is 1. The van der Waals surface area contributed by atoms with Crippen molar-refractivity contribution in [2.24, 2.45) is 11.8 Å². The molecule has 0 saturated carbocycles. The first-order chi connectivity index (χ1) is 10.1. The number of rotatable bonds is 3. The standard InChI is InChI=1S/C17H24N2O2.ClH/c1-12(15-10-18-11-15)17(21)19-8-6-14(7-9-19)13-2-4-16(20)5-3-13;/h2-5,12,14-15,18,20H,6-11H2,1H3;1H. The van der Waals surface area contributed by atoms with Crippen LogP contribution in [-0.4, -0.2) is 42.1 Å². The number of phenolic OH excluding ortho intramolecular Hbond substituents is 1. The molecule has 22 heavy (non-hydrogen) atoms. The minimum Gasteiger partial charge on any atom is -0.508 e. The number of benzene rings is 1. The summed E-state index contributed by atoms with van der Waals surface area (Å²) in [4.78, 5) is 14.5. The lowest BCUT2D eigenvalue weighted by atomic mass is 9.85. The van der Waals surface area contributed by atoms with Crippen molar-refractivity contribution in [2.75, 3.05) is 26.2 Å². The number of aromatic hydroxyl groups is 1. The fourth-order valence-electron chi connectivity index (χ4n) is 3.33. The number of piperidine rings is 1. The summed E-state index contributed by atoms with van der Waals surface area (Å²) in [6, 6.07) is 7.50. The van der Waals surface area contributed by atoms with Crippen LogP contribution in [0.1, 0.15) is 31.2 Å².